The number of aromatic amines is 1. The summed E-state index contributed by atoms with van der Waals surface area (Å²) < 4.78 is 0. The Bertz CT molecular complexity index is 1160. The molecule has 8 heteroatoms. The van der Waals surface area contributed by atoms with E-state index in [0.717, 1.165) is 25.7 Å². The first-order valence-electron chi connectivity index (χ1n) is 11.5. The summed E-state index contributed by atoms with van der Waals surface area (Å²) in [5, 5.41) is 27.9. The van der Waals surface area contributed by atoms with Crippen molar-refractivity contribution in [2.45, 2.75) is 31.8 Å². The molecule has 2 amide bonds. The molecule has 5 rings (SSSR count). The van der Waals surface area contributed by atoms with E-state index in [4.69, 9.17) is 0 Å². The van der Waals surface area contributed by atoms with Gasteiger partial charge in [0.15, 0.2) is 5.69 Å². The van der Waals surface area contributed by atoms with Crippen molar-refractivity contribution in [3.8, 4) is 5.75 Å². The number of aliphatic hydroxyl groups excluding tert-OH is 1. The van der Waals surface area contributed by atoms with E-state index in [0.29, 0.717) is 24.0 Å². The van der Waals surface area contributed by atoms with Gasteiger partial charge in [-0.05, 0) is 55.0 Å². The number of carbonyl (C=O) groups is 2. The average molecular weight is 449 g/mol. The maximum atomic E-state index is 13.3. The van der Waals surface area contributed by atoms with E-state index in [1.807, 2.05) is 12.1 Å². The molecule has 1 aliphatic heterocycles. The Morgan fingerprint density at radius 3 is 2.36 bits per heavy atom. The standard InChI is InChI=1S/C25H28N4O4/c30-19-9-10-22-21(13-19)23(27-26-22)25(33)29-12-11-28(14-20(31)15-29)24(32)18-7-5-16-3-1-2-4-17(16)6-8-18/h1-4,9-10,13,18,20,30-31H,5-8,11-12,14-15H2,(H,26,27). The highest BCUT2D eigenvalue weighted by Crippen LogP contribution is 2.27. The maximum Gasteiger partial charge on any atom is 0.275 e. The predicted molar refractivity (Wildman–Crippen MR) is 123 cm³/mol. The molecular formula is C25H28N4O4. The van der Waals surface area contributed by atoms with Gasteiger partial charge >= 0.3 is 0 Å². The van der Waals surface area contributed by atoms with Crippen LogP contribution in [-0.4, -0.2) is 74.3 Å². The van der Waals surface area contributed by atoms with Crippen molar-refractivity contribution >= 4 is 22.7 Å². The fourth-order valence-corrected chi connectivity index (χ4v) is 5.04. The van der Waals surface area contributed by atoms with E-state index in [1.54, 1.807) is 15.9 Å². The minimum absolute atomic E-state index is 0.0520. The molecule has 0 radical (unpaired) electrons. The molecule has 1 unspecified atom stereocenters. The molecule has 3 N–H and O–H groups in total. The number of rotatable bonds is 2. The normalized spacial score (nSPS) is 19.7. The number of carbonyl (C=O) groups excluding carboxylic acids is 2. The van der Waals surface area contributed by atoms with Crippen LogP contribution in [0, 0.1) is 5.92 Å². The second-order valence-corrected chi connectivity index (χ2v) is 9.03. The first-order valence-corrected chi connectivity index (χ1v) is 11.5. The number of H-pyrrole nitrogens is 1. The second kappa shape index (κ2) is 8.86. The van der Waals surface area contributed by atoms with Crippen molar-refractivity contribution < 1.29 is 19.8 Å². The third-order valence-corrected chi connectivity index (χ3v) is 6.84. The number of aliphatic hydroxyl groups is 1. The van der Waals surface area contributed by atoms with Crippen LogP contribution in [-0.2, 0) is 17.6 Å². The van der Waals surface area contributed by atoms with Gasteiger partial charge in [0.25, 0.3) is 5.91 Å². The van der Waals surface area contributed by atoms with E-state index in [9.17, 15) is 19.8 Å². The summed E-state index contributed by atoms with van der Waals surface area (Å²) in [6.45, 7) is 1.04. The number of benzene rings is 2. The number of aromatic nitrogens is 2. The Morgan fingerprint density at radius 1 is 0.970 bits per heavy atom. The van der Waals surface area contributed by atoms with Crippen LogP contribution in [0.3, 0.4) is 0 Å². The lowest BCUT2D eigenvalue weighted by Gasteiger charge is -2.26. The van der Waals surface area contributed by atoms with Gasteiger partial charge in [-0.3, -0.25) is 14.7 Å². The van der Waals surface area contributed by atoms with Crippen molar-refractivity contribution in [1.82, 2.24) is 20.0 Å². The van der Waals surface area contributed by atoms with Gasteiger partial charge in [-0.1, -0.05) is 24.3 Å². The highest BCUT2D eigenvalue weighted by atomic mass is 16.3. The lowest BCUT2D eigenvalue weighted by Crippen LogP contribution is -2.41. The van der Waals surface area contributed by atoms with Gasteiger partial charge in [0.05, 0.1) is 11.6 Å². The fourth-order valence-electron chi connectivity index (χ4n) is 5.04. The summed E-state index contributed by atoms with van der Waals surface area (Å²) in [5.41, 5.74) is 3.49. The summed E-state index contributed by atoms with van der Waals surface area (Å²) in [6, 6.07) is 13.1. The van der Waals surface area contributed by atoms with E-state index in [1.165, 1.54) is 23.3 Å². The number of aryl methyl sites for hydroxylation is 2. The highest BCUT2D eigenvalue weighted by molar-refractivity contribution is 6.05. The second-order valence-electron chi connectivity index (χ2n) is 9.03. The van der Waals surface area contributed by atoms with Crippen LogP contribution in [0.1, 0.15) is 34.5 Å². The number of aromatic hydroxyl groups is 1. The lowest BCUT2D eigenvalue weighted by molar-refractivity contribution is -0.136. The summed E-state index contributed by atoms with van der Waals surface area (Å²) in [5.74, 6) is -0.294. The predicted octanol–water partition coefficient (Wildman–Crippen LogP) is 2.11. The quantitative estimate of drug-likeness (QED) is 0.520. The smallest absolute Gasteiger partial charge is 0.275 e. The molecule has 1 fully saturated rings. The first-order chi connectivity index (χ1) is 16.0. The van der Waals surface area contributed by atoms with Crippen LogP contribution >= 0.6 is 0 Å². The molecule has 172 valence electrons. The van der Waals surface area contributed by atoms with Gasteiger partial charge in [-0.25, -0.2) is 0 Å². The highest BCUT2D eigenvalue weighted by Gasteiger charge is 2.32. The topological polar surface area (TPSA) is 110 Å². The number of nitrogens with one attached hydrogen (secondary N) is 1. The molecule has 1 aromatic heterocycles. The molecule has 0 spiro atoms. The number of hydrogen-bond donors (Lipinski definition) is 3. The Hall–Kier alpha value is -3.39. The number of hydrogen-bond acceptors (Lipinski definition) is 5. The molecule has 2 aliphatic rings. The van der Waals surface area contributed by atoms with Crippen molar-refractivity contribution in [3.05, 3.63) is 59.3 Å². The van der Waals surface area contributed by atoms with Crippen molar-refractivity contribution in [1.29, 1.82) is 0 Å². The summed E-state index contributed by atoms with van der Waals surface area (Å²) >= 11 is 0. The third kappa shape index (κ3) is 4.30. The van der Waals surface area contributed by atoms with Gasteiger partial charge in [-0.2, -0.15) is 5.10 Å². The van der Waals surface area contributed by atoms with Crippen LogP contribution in [0.5, 0.6) is 5.75 Å². The van der Waals surface area contributed by atoms with Gasteiger partial charge in [-0.15, -0.1) is 0 Å². The van der Waals surface area contributed by atoms with E-state index in [2.05, 4.69) is 22.3 Å². The van der Waals surface area contributed by atoms with E-state index < -0.39 is 6.10 Å². The number of nitrogens with zero attached hydrogens (tertiary/aromatic N) is 3. The molecule has 1 saturated heterocycles. The Labute approximate surface area is 191 Å². The number of fused-ring (bicyclic) bond motifs is 2. The van der Waals surface area contributed by atoms with Crippen LogP contribution in [0.4, 0.5) is 0 Å². The van der Waals surface area contributed by atoms with Crippen LogP contribution in [0.2, 0.25) is 0 Å². The third-order valence-electron chi connectivity index (χ3n) is 6.84. The van der Waals surface area contributed by atoms with Crippen LogP contribution < -0.4 is 0 Å². The zero-order chi connectivity index (χ0) is 22.9. The molecule has 0 saturated carbocycles. The minimum atomic E-state index is -0.831. The Balaban J connectivity index is 1.28. The molecule has 3 aromatic rings. The van der Waals surface area contributed by atoms with Crippen LogP contribution in [0.15, 0.2) is 42.5 Å². The molecule has 1 atom stereocenters. The molecule has 8 nitrogen and oxygen atoms in total. The molecule has 2 aromatic carbocycles. The van der Waals surface area contributed by atoms with E-state index >= 15 is 0 Å². The molecular weight excluding hydrogens is 420 g/mol. The largest absolute Gasteiger partial charge is 0.508 e. The summed E-state index contributed by atoms with van der Waals surface area (Å²) in [6.07, 6.45) is 2.53. The molecule has 2 heterocycles. The number of phenolic OH excluding ortho intramolecular Hbond substituents is 1. The van der Waals surface area contributed by atoms with Gasteiger partial charge in [0.1, 0.15) is 5.75 Å². The summed E-state index contributed by atoms with van der Waals surface area (Å²) in [7, 11) is 0. The number of phenols is 1. The zero-order valence-electron chi connectivity index (χ0n) is 18.4. The monoisotopic (exact) mass is 448 g/mol. The van der Waals surface area contributed by atoms with E-state index in [-0.39, 0.29) is 42.3 Å². The maximum absolute atomic E-state index is 13.3. The molecule has 1 aliphatic carbocycles. The lowest BCUT2D eigenvalue weighted by atomic mass is 9.97. The first kappa shape index (κ1) is 21.5. The summed E-state index contributed by atoms with van der Waals surface area (Å²) in [4.78, 5) is 29.8. The minimum Gasteiger partial charge on any atom is -0.508 e. The van der Waals surface area contributed by atoms with Gasteiger partial charge in [0.2, 0.25) is 5.91 Å². The van der Waals surface area contributed by atoms with Crippen molar-refractivity contribution in [3.63, 3.8) is 0 Å². The SMILES string of the molecule is O=C(c1n[nH]c2ccc(O)cc12)N1CCN(C(=O)C2CCc3ccccc3CC2)CC(O)C1. The van der Waals surface area contributed by atoms with Crippen molar-refractivity contribution in [2.75, 3.05) is 26.2 Å². The average Bonchev–Trinajstić information content (AvgIpc) is 2.98. The molecule has 33 heavy (non-hydrogen) atoms. The van der Waals surface area contributed by atoms with Crippen molar-refractivity contribution in [2.24, 2.45) is 5.92 Å². The zero-order valence-corrected chi connectivity index (χ0v) is 18.4. The number of β-amino-alcohol motifs (C(OH)–C–C–N with tert-alkyl or cyclic N) is 1. The van der Waals surface area contributed by atoms with Gasteiger partial charge < -0.3 is 20.0 Å². The number of amides is 2. The fraction of sp³-hybridized carbons (Fsp3) is 0.400. The van der Waals surface area contributed by atoms with Crippen LogP contribution in [0.25, 0.3) is 10.9 Å². The van der Waals surface area contributed by atoms with Gasteiger partial charge in [0, 0.05) is 37.5 Å². The Morgan fingerprint density at radius 2 is 1.64 bits per heavy atom. The Kier molecular flexibility index (Phi) is 5.76. The molecule has 0 bridgehead atoms.